The lowest BCUT2D eigenvalue weighted by atomic mass is 10.0. The van der Waals surface area contributed by atoms with E-state index < -0.39 is 0 Å². The maximum absolute atomic E-state index is 13.4. The third-order valence-corrected chi connectivity index (χ3v) is 5.75. The normalized spacial score (nSPS) is 14.7. The van der Waals surface area contributed by atoms with Gasteiger partial charge in [0.15, 0.2) is 5.65 Å². The van der Waals surface area contributed by atoms with Crippen LogP contribution in [0.4, 0.5) is 10.3 Å². The first-order valence-electron chi connectivity index (χ1n) is 10.4. The Bertz CT molecular complexity index is 1420. The minimum absolute atomic E-state index is 0.0845. The lowest BCUT2D eigenvalue weighted by Gasteiger charge is -2.17. The van der Waals surface area contributed by atoms with Crippen LogP contribution in [0, 0.1) is 11.7 Å². The third-order valence-electron chi connectivity index (χ3n) is 5.75. The molecule has 4 heterocycles. The van der Waals surface area contributed by atoms with Crippen LogP contribution in [-0.2, 0) is 0 Å². The van der Waals surface area contributed by atoms with Gasteiger partial charge in [-0.05, 0) is 48.6 Å². The molecule has 9 heteroatoms. The fourth-order valence-corrected chi connectivity index (χ4v) is 4.04. The van der Waals surface area contributed by atoms with E-state index in [1.807, 2.05) is 35.1 Å². The molecule has 2 N–H and O–H groups in total. The van der Waals surface area contributed by atoms with E-state index in [1.165, 1.54) is 12.1 Å². The van der Waals surface area contributed by atoms with E-state index in [9.17, 15) is 4.39 Å². The highest BCUT2D eigenvalue weighted by Gasteiger charge is 2.34. The number of halogens is 1. The second-order valence-corrected chi connectivity index (χ2v) is 8.02. The summed E-state index contributed by atoms with van der Waals surface area (Å²) in [5, 5.41) is 8.72. The largest absolute Gasteiger partial charge is 0.366 e. The van der Waals surface area contributed by atoms with Crippen molar-refractivity contribution in [1.29, 1.82) is 0 Å². The maximum Gasteiger partial charge on any atom is 0.240 e. The number of nitrogens with zero attached hydrogens (tertiary/aromatic N) is 7. The number of hydrogen-bond donors (Lipinski definition) is 1. The first-order chi connectivity index (χ1) is 15.6. The van der Waals surface area contributed by atoms with Gasteiger partial charge in [0, 0.05) is 23.5 Å². The van der Waals surface area contributed by atoms with Crippen LogP contribution in [0.25, 0.3) is 28.2 Å². The zero-order chi connectivity index (χ0) is 21.7. The summed E-state index contributed by atoms with van der Waals surface area (Å²) in [6, 6.07) is 10.5. The number of anilines is 1. The summed E-state index contributed by atoms with van der Waals surface area (Å²) in [5.74, 6) is 0.497. The number of hydrogen-bond acceptors (Lipinski definition) is 6. The lowest BCUT2D eigenvalue weighted by molar-refractivity contribution is 0.470. The van der Waals surface area contributed by atoms with Crippen molar-refractivity contribution < 1.29 is 4.39 Å². The summed E-state index contributed by atoms with van der Waals surface area (Å²) < 4.78 is 17.0. The van der Waals surface area contributed by atoms with Crippen LogP contribution < -0.4 is 5.73 Å². The monoisotopic (exact) mass is 426 g/mol. The smallest absolute Gasteiger partial charge is 0.240 e. The van der Waals surface area contributed by atoms with Crippen LogP contribution in [0.3, 0.4) is 0 Å². The van der Waals surface area contributed by atoms with Gasteiger partial charge in [0.25, 0.3) is 0 Å². The van der Waals surface area contributed by atoms with Crippen LogP contribution in [0.2, 0.25) is 0 Å². The summed E-state index contributed by atoms with van der Waals surface area (Å²) in [6.45, 7) is 0. The zero-order valence-corrected chi connectivity index (χ0v) is 17.0. The standard InChI is InChI=1S/C23H19FN8/c24-18-5-3-15(4-6-18)22(14-1-2-14)32-13-17(10-27-32)20-12-26-11-19(28-20)16-7-8-31-21(9-16)29-23(25)30-31/h3-14,22H,1-2H2,(H2,25,30). The van der Waals surface area contributed by atoms with Gasteiger partial charge in [-0.25, -0.2) is 13.9 Å². The average molecular weight is 426 g/mol. The highest BCUT2D eigenvalue weighted by Crippen LogP contribution is 2.43. The molecule has 0 amide bonds. The molecule has 4 aromatic heterocycles. The molecule has 1 atom stereocenters. The summed E-state index contributed by atoms with van der Waals surface area (Å²) >= 11 is 0. The maximum atomic E-state index is 13.4. The first-order valence-corrected chi connectivity index (χ1v) is 10.4. The van der Waals surface area contributed by atoms with Crippen molar-refractivity contribution in [3.8, 4) is 22.5 Å². The van der Waals surface area contributed by atoms with Crippen molar-refractivity contribution in [1.82, 2.24) is 34.3 Å². The molecule has 1 fully saturated rings. The van der Waals surface area contributed by atoms with Crippen molar-refractivity contribution in [2.45, 2.75) is 18.9 Å². The van der Waals surface area contributed by atoms with E-state index >= 15 is 0 Å². The summed E-state index contributed by atoms with van der Waals surface area (Å²) in [6.07, 6.45) is 11.3. The van der Waals surface area contributed by atoms with Gasteiger partial charge in [-0.1, -0.05) is 12.1 Å². The van der Waals surface area contributed by atoms with E-state index in [-0.39, 0.29) is 17.8 Å². The number of aromatic nitrogens is 7. The molecule has 5 aromatic rings. The second kappa shape index (κ2) is 7.23. The van der Waals surface area contributed by atoms with Crippen molar-refractivity contribution in [3.05, 3.63) is 78.8 Å². The molecule has 158 valence electrons. The van der Waals surface area contributed by atoms with E-state index in [0.717, 1.165) is 40.9 Å². The SMILES string of the molecule is Nc1nc2cc(-c3cncc(-c4cnn(C(c5ccc(F)cc5)C5CC5)c4)n3)ccn2n1. The molecule has 0 bridgehead atoms. The predicted octanol–water partition coefficient (Wildman–Crippen LogP) is 3.77. The minimum atomic E-state index is -0.233. The van der Waals surface area contributed by atoms with E-state index in [1.54, 1.807) is 29.3 Å². The Labute approximate surface area is 182 Å². The molecule has 1 aromatic carbocycles. The highest BCUT2D eigenvalue weighted by molar-refractivity contribution is 5.66. The number of pyridine rings is 1. The molecule has 6 rings (SSSR count). The van der Waals surface area contributed by atoms with Crippen LogP contribution in [-0.4, -0.2) is 34.3 Å². The lowest BCUT2D eigenvalue weighted by Crippen LogP contribution is -2.13. The fraction of sp³-hybridized carbons (Fsp3) is 0.174. The molecule has 32 heavy (non-hydrogen) atoms. The van der Waals surface area contributed by atoms with Crippen molar-refractivity contribution in [2.75, 3.05) is 5.73 Å². The molecule has 0 aliphatic heterocycles. The number of fused-ring (bicyclic) bond motifs is 1. The second-order valence-electron chi connectivity index (χ2n) is 8.02. The van der Waals surface area contributed by atoms with Gasteiger partial charge in [-0.15, -0.1) is 5.10 Å². The molecule has 1 aliphatic carbocycles. The van der Waals surface area contributed by atoms with Gasteiger partial charge in [0.05, 0.1) is 36.0 Å². The quantitative estimate of drug-likeness (QED) is 0.459. The minimum Gasteiger partial charge on any atom is -0.366 e. The average Bonchev–Trinajstić information content (AvgIpc) is 3.38. The van der Waals surface area contributed by atoms with Gasteiger partial charge >= 0.3 is 0 Å². The topological polar surface area (TPSA) is 99.8 Å². The molecule has 0 spiro atoms. The number of nitrogens with two attached hydrogens (primary N) is 1. The molecule has 0 saturated heterocycles. The molecule has 8 nitrogen and oxygen atoms in total. The number of rotatable bonds is 5. The number of benzene rings is 1. The molecule has 1 unspecified atom stereocenters. The first kappa shape index (κ1) is 18.6. The third kappa shape index (κ3) is 3.37. The zero-order valence-electron chi connectivity index (χ0n) is 17.0. The van der Waals surface area contributed by atoms with Gasteiger partial charge in [-0.2, -0.15) is 10.1 Å². The molecule has 0 radical (unpaired) electrons. The number of nitrogen functional groups attached to an aromatic ring is 1. The van der Waals surface area contributed by atoms with Crippen molar-refractivity contribution in [3.63, 3.8) is 0 Å². The van der Waals surface area contributed by atoms with Gasteiger partial charge < -0.3 is 5.73 Å². The Balaban J connectivity index is 1.34. The van der Waals surface area contributed by atoms with Gasteiger partial charge in [0.1, 0.15) is 5.82 Å². The molecule has 1 aliphatic rings. The Morgan fingerprint density at radius 1 is 0.969 bits per heavy atom. The van der Waals surface area contributed by atoms with Gasteiger partial charge in [0.2, 0.25) is 5.95 Å². The molecule has 1 saturated carbocycles. The van der Waals surface area contributed by atoms with Gasteiger partial charge in [-0.3, -0.25) is 9.67 Å². The summed E-state index contributed by atoms with van der Waals surface area (Å²) in [7, 11) is 0. The van der Waals surface area contributed by atoms with E-state index in [4.69, 9.17) is 10.7 Å². The van der Waals surface area contributed by atoms with E-state index in [0.29, 0.717) is 11.6 Å². The van der Waals surface area contributed by atoms with Crippen LogP contribution >= 0.6 is 0 Å². The van der Waals surface area contributed by atoms with Crippen molar-refractivity contribution in [2.24, 2.45) is 5.92 Å². The summed E-state index contributed by atoms with van der Waals surface area (Å²) in [5.41, 5.74) is 10.6. The Morgan fingerprint density at radius 2 is 1.75 bits per heavy atom. The van der Waals surface area contributed by atoms with Crippen LogP contribution in [0.1, 0.15) is 24.4 Å². The molecular weight excluding hydrogens is 407 g/mol. The van der Waals surface area contributed by atoms with E-state index in [2.05, 4.69) is 20.2 Å². The Hall–Kier alpha value is -4.14. The predicted molar refractivity (Wildman–Crippen MR) is 117 cm³/mol. The van der Waals surface area contributed by atoms with Crippen LogP contribution in [0.5, 0.6) is 0 Å². The Kier molecular flexibility index (Phi) is 4.20. The Morgan fingerprint density at radius 3 is 2.53 bits per heavy atom. The fourth-order valence-electron chi connectivity index (χ4n) is 4.04. The summed E-state index contributed by atoms with van der Waals surface area (Å²) in [4.78, 5) is 13.4. The van der Waals surface area contributed by atoms with Crippen LogP contribution in [0.15, 0.2) is 67.4 Å². The highest BCUT2D eigenvalue weighted by atomic mass is 19.1. The molecular formula is C23H19FN8. The van der Waals surface area contributed by atoms with Crippen molar-refractivity contribution >= 4 is 11.6 Å².